The van der Waals surface area contributed by atoms with E-state index in [1.54, 1.807) is 7.11 Å². The van der Waals surface area contributed by atoms with Gasteiger partial charge in [0.15, 0.2) is 0 Å². The molecule has 1 unspecified atom stereocenters. The van der Waals surface area contributed by atoms with E-state index >= 15 is 0 Å². The second-order valence-corrected chi connectivity index (χ2v) is 4.52. The molecule has 100 valence electrons. The average molecular weight is 251 g/mol. The van der Waals surface area contributed by atoms with Crippen LogP contribution in [-0.2, 0) is 22.4 Å². The Balaban J connectivity index is 1.74. The summed E-state index contributed by atoms with van der Waals surface area (Å²) in [6.45, 7) is 3.22. The van der Waals surface area contributed by atoms with Crippen LogP contribution in [0.3, 0.4) is 0 Å². The fourth-order valence-corrected chi connectivity index (χ4v) is 1.99. The summed E-state index contributed by atoms with van der Waals surface area (Å²) in [5.74, 6) is 0.877. The van der Waals surface area contributed by atoms with Gasteiger partial charge in [0.1, 0.15) is 5.82 Å². The van der Waals surface area contributed by atoms with Crippen LogP contribution >= 0.6 is 0 Å². The van der Waals surface area contributed by atoms with Crippen molar-refractivity contribution in [2.45, 2.75) is 31.9 Å². The molecule has 1 fully saturated rings. The Kier molecular flexibility index (Phi) is 5.51. The molecule has 2 heterocycles. The Morgan fingerprint density at radius 1 is 1.44 bits per heavy atom. The van der Waals surface area contributed by atoms with Crippen LogP contribution in [0.15, 0.2) is 12.4 Å². The monoisotopic (exact) mass is 251 g/mol. The van der Waals surface area contributed by atoms with Gasteiger partial charge >= 0.3 is 0 Å². The quantitative estimate of drug-likeness (QED) is 0.731. The normalized spacial score (nSPS) is 19.3. The van der Waals surface area contributed by atoms with E-state index in [-0.39, 0.29) is 0 Å². The van der Waals surface area contributed by atoms with Crippen molar-refractivity contribution in [1.82, 2.24) is 15.3 Å². The van der Waals surface area contributed by atoms with Crippen LogP contribution in [0.1, 0.15) is 24.2 Å². The lowest BCUT2D eigenvalue weighted by Gasteiger charge is -2.08. The zero-order valence-corrected chi connectivity index (χ0v) is 10.9. The summed E-state index contributed by atoms with van der Waals surface area (Å²) in [5, 5.41) is 3.27. The molecule has 1 saturated heterocycles. The molecule has 5 heteroatoms. The highest BCUT2D eigenvalue weighted by Crippen LogP contribution is 2.15. The molecule has 2 rings (SSSR count). The van der Waals surface area contributed by atoms with E-state index in [1.165, 1.54) is 0 Å². The summed E-state index contributed by atoms with van der Waals surface area (Å²) >= 11 is 0. The summed E-state index contributed by atoms with van der Waals surface area (Å²) in [5.41, 5.74) is 1.10. The number of nitrogens with one attached hydrogen (secondary N) is 1. The molecular formula is C13H21N3O2. The number of rotatable bonds is 7. The standard InChI is InChI=1S/C13H21N3O2/c1-17-6-4-14-8-11-9-15-13(16-10-11)7-12-3-2-5-18-12/h9-10,12,14H,2-8H2,1H3. The van der Waals surface area contributed by atoms with E-state index in [9.17, 15) is 0 Å². The zero-order valence-electron chi connectivity index (χ0n) is 10.9. The molecule has 1 aromatic heterocycles. The summed E-state index contributed by atoms with van der Waals surface area (Å²) in [4.78, 5) is 8.76. The fourth-order valence-electron chi connectivity index (χ4n) is 1.99. The van der Waals surface area contributed by atoms with Crippen molar-refractivity contribution in [3.63, 3.8) is 0 Å². The second kappa shape index (κ2) is 7.41. The first-order valence-electron chi connectivity index (χ1n) is 6.49. The third-order valence-corrected chi connectivity index (χ3v) is 3.01. The minimum atomic E-state index is 0.315. The fraction of sp³-hybridized carbons (Fsp3) is 0.692. The van der Waals surface area contributed by atoms with Gasteiger partial charge in [0.2, 0.25) is 0 Å². The van der Waals surface area contributed by atoms with Gasteiger partial charge < -0.3 is 14.8 Å². The van der Waals surface area contributed by atoms with Crippen LogP contribution in [0, 0.1) is 0 Å². The van der Waals surface area contributed by atoms with Crippen molar-refractivity contribution in [2.75, 3.05) is 26.9 Å². The van der Waals surface area contributed by atoms with E-state index in [0.29, 0.717) is 6.10 Å². The number of hydrogen-bond donors (Lipinski definition) is 1. The molecule has 0 aliphatic carbocycles. The van der Waals surface area contributed by atoms with Gasteiger partial charge in [-0.1, -0.05) is 0 Å². The number of nitrogens with zero attached hydrogens (tertiary/aromatic N) is 2. The molecule has 0 bridgehead atoms. The molecule has 0 radical (unpaired) electrons. The van der Waals surface area contributed by atoms with Crippen LogP contribution in [0.4, 0.5) is 0 Å². The minimum absolute atomic E-state index is 0.315. The van der Waals surface area contributed by atoms with Crippen LogP contribution in [-0.4, -0.2) is 42.9 Å². The van der Waals surface area contributed by atoms with Crippen molar-refractivity contribution in [2.24, 2.45) is 0 Å². The lowest BCUT2D eigenvalue weighted by atomic mass is 10.2. The highest BCUT2D eigenvalue weighted by atomic mass is 16.5. The lowest BCUT2D eigenvalue weighted by molar-refractivity contribution is 0.110. The van der Waals surface area contributed by atoms with Gasteiger partial charge in [-0.05, 0) is 12.8 Å². The predicted molar refractivity (Wildman–Crippen MR) is 68.3 cm³/mol. The first kappa shape index (κ1) is 13.4. The molecule has 1 aliphatic heterocycles. The lowest BCUT2D eigenvalue weighted by Crippen LogP contribution is -2.19. The van der Waals surface area contributed by atoms with Gasteiger partial charge in [0.25, 0.3) is 0 Å². The van der Waals surface area contributed by atoms with Crippen LogP contribution in [0.2, 0.25) is 0 Å². The van der Waals surface area contributed by atoms with Crippen molar-refractivity contribution < 1.29 is 9.47 Å². The van der Waals surface area contributed by atoms with E-state index in [1.807, 2.05) is 12.4 Å². The maximum atomic E-state index is 5.57. The number of hydrogen-bond acceptors (Lipinski definition) is 5. The topological polar surface area (TPSA) is 56.3 Å². The third-order valence-electron chi connectivity index (χ3n) is 3.01. The Bertz CT molecular complexity index is 337. The van der Waals surface area contributed by atoms with Crippen molar-refractivity contribution in [3.05, 3.63) is 23.8 Å². The summed E-state index contributed by atoms with van der Waals surface area (Å²) < 4.78 is 10.5. The Labute approximate surface area is 108 Å². The SMILES string of the molecule is COCCNCc1cnc(CC2CCCO2)nc1. The molecule has 1 aliphatic rings. The molecule has 18 heavy (non-hydrogen) atoms. The van der Waals surface area contributed by atoms with Gasteiger partial charge in [-0.3, -0.25) is 0 Å². The molecule has 5 nitrogen and oxygen atoms in total. The number of methoxy groups -OCH3 is 1. The Morgan fingerprint density at radius 2 is 2.28 bits per heavy atom. The predicted octanol–water partition coefficient (Wildman–Crippen LogP) is 0.934. The first-order valence-corrected chi connectivity index (χ1v) is 6.49. The van der Waals surface area contributed by atoms with Crippen molar-refractivity contribution in [1.29, 1.82) is 0 Å². The molecular weight excluding hydrogens is 230 g/mol. The summed E-state index contributed by atoms with van der Waals surface area (Å²) in [7, 11) is 1.70. The zero-order chi connectivity index (χ0) is 12.6. The van der Waals surface area contributed by atoms with Crippen molar-refractivity contribution >= 4 is 0 Å². The Morgan fingerprint density at radius 3 is 2.94 bits per heavy atom. The van der Waals surface area contributed by atoms with Gasteiger partial charge in [0, 0.05) is 51.2 Å². The smallest absolute Gasteiger partial charge is 0.130 e. The van der Waals surface area contributed by atoms with Gasteiger partial charge in [0.05, 0.1) is 12.7 Å². The van der Waals surface area contributed by atoms with Crippen LogP contribution < -0.4 is 5.32 Å². The Hall–Kier alpha value is -1.04. The van der Waals surface area contributed by atoms with E-state index in [4.69, 9.17) is 9.47 Å². The number of ether oxygens (including phenoxy) is 2. The summed E-state index contributed by atoms with van der Waals surface area (Å²) in [6.07, 6.45) is 7.21. The highest BCUT2D eigenvalue weighted by Gasteiger charge is 2.16. The highest BCUT2D eigenvalue weighted by molar-refractivity contribution is 5.05. The average Bonchev–Trinajstić information content (AvgIpc) is 2.89. The molecule has 0 amide bonds. The molecule has 1 atom stereocenters. The third kappa shape index (κ3) is 4.33. The van der Waals surface area contributed by atoms with Crippen LogP contribution in [0.25, 0.3) is 0 Å². The first-order chi connectivity index (χ1) is 8.88. The molecule has 0 saturated carbocycles. The van der Waals surface area contributed by atoms with Gasteiger partial charge in [-0.15, -0.1) is 0 Å². The van der Waals surface area contributed by atoms with Crippen LogP contribution in [0.5, 0.6) is 0 Å². The van der Waals surface area contributed by atoms with E-state index in [2.05, 4.69) is 15.3 Å². The second-order valence-electron chi connectivity index (χ2n) is 4.52. The van der Waals surface area contributed by atoms with Gasteiger partial charge in [-0.25, -0.2) is 9.97 Å². The maximum absolute atomic E-state index is 5.57. The maximum Gasteiger partial charge on any atom is 0.130 e. The molecule has 0 spiro atoms. The van der Waals surface area contributed by atoms with E-state index < -0.39 is 0 Å². The van der Waals surface area contributed by atoms with Crippen molar-refractivity contribution in [3.8, 4) is 0 Å². The van der Waals surface area contributed by atoms with E-state index in [0.717, 1.165) is 57.0 Å². The molecule has 1 aromatic rings. The summed E-state index contributed by atoms with van der Waals surface area (Å²) in [6, 6.07) is 0. The number of aromatic nitrogens is 2. The van der Waals surface area contributed by atoms with Gasteiger partial charge in [-0.2, -0.15) is 0 Å². The molecule has 1 N–H and O–H groups in total. The largest absolute Gasteiger partial charge is 0.383 e. The molecule has 0 aromatic carbocycles. The minimum Gasteiger partial charge on any atom is -0.383 e.